The van der Waals surface area contributed by atoms with E-state index in [0.717, 1.165) is 0 Å². The summed E-state index contributed by atoms with van der Waals surface area (Å²) < 4.78 is 29.3. The first kappa shape index (κ1) is 12.7. The minimum Gasteiger partial charge on any atom is -0.320 e. The summed E-state index contributed by atoms with van der Waals surface area (Å²) in [5, 5.41) is 4.13. The smallest absolute Gasteiger partial charge is 0.134 e. The number of hydrogen-bond acceptors (Lipinski definition) is 2. The minimum absolute atomic E-state index is 0.105. The quantitative estimate of drug-likeness (QED) is 0.890. The zero-order valence-electron chi connectivity index (χ0n) is 10.5. The van der Waals surface area contributed by atoms with Crippen molar-refractivity contribution in [3.63, 3.8) is 0 Å². The van der Waals surface area contributed by atoms with Crippen molar-refractivity contribution in [2.24, 2.45) is 12.8 Å². The molecule has 1 unspecified atom stereocenters. The summed E-state index contributed by atoms with van der Waals surface area (Å²) >= 11 is 0. The van der Waals surface area contributed by atoms with Crippen molar-refractivity contribution in [3.05, 3.63) is 52.3 Å². The monoisotopic (exact) mass is 251 g/mol. The molecule has 0 aliphatic rings. The van der Waals surface area contributed by atoms with Crippen LogP contribution < -0.4 is 5.73 Å². The maximum atomic E-state index is 14.0. The third kappa shape index (κ3) is 2.01. The summed E-state index contributed by atoms with van der Waals surface area (Å²) in [6.07, 6.45) is 1.68. The number of rotatable bonds is 2. The number of aromatic nitrogens is 2. The van der Waals surface area contributed by atoms with Crippen molar-refractivity contribution in [1.29, 1.82) is 0 Å². The lowest BCUT2D eigenvalue weighted by molar-refractivity contribution is 0.537. The molecule has 0 saturated carbocycles. The summed E-state index contributed by atoms with van der Waals surface area (Å²) in [6, 6.07) is 1.79. The topological polar surface area (TPSA) is 43.8 Å². The van der Waals surface area contributed by atoms with Gasteiger partial charge in [-0.25, -0.2) is 8.78 Å². The molecule has 0 aliphatic heterocycles. The first-order chi connectivity index (χ1) is 8.41. The number of nitrogens with zero attached hydrogens (tertiary/aromatic N) is 2. The molecule has 1 aromatic heterocycles. The predicted molar refractivity (Wildman–Crippen MR) is 65.1 cm³/mol. The Morgan fingerprint density at radius 1 is 1.28 bits per heavy atom. The Labute approximate surface area is 104 Å². The maximum absolute atomic E-state index is 14.0. The van der Waals surface area contributed by atoms with Crippen LogP contribution in [-0.4, -0.2) is 9.78 Å². The van der Waals surface area contributed by atoms with Crippen LogP contribution in [0.1, 0.15) is 28.4 Å². The number of halogens is 2. The van der Waals surface area contributed by atoms with E-state index < -0.39 is 17.7 Å². The van der Waals surface area contributed by atoms with Gasteiger partial charge in [0.2, 0.25) is 0 Å². The predicted octanol–water partition coefficient (Wildman–Crippen LogP) is 2.36. The summed E-state index contributed by atoms with van der Waals surface area (Å²) in [6.45, 7) is 3.35. The molecule has 0 aliphatic carbocycles. The molecule has 0 spiro atoms. The van der Waals surface area contributed by atoms with E-state index in [9.17, 15) is 8.78 Å². The average Bonchev–Trinajstić information content (AvgIpc) is 2.63. The second-order valence-corrected chi connectivity index (χ2v) is 4.41. The molecule has 1 atom stereocenters. The fourth-order valence-corrected chi connectivity index (χ4v) is 2.04. The van der Waals surface area contributed by atoms with Gasteiger partial charge in [0, 0.05) is 24.4 Å². The molecule has 5 heteroatoms. The Bertz CT molecular complexity index is 590. The van der Waals surface area contributed by atoms with Gasteiger partial charge in [0.15, 0.2) is 0 Å². The zero-order valence-corrected chi connectivity index (χ0v) is 10.5. The van der Waals surface area contributed by atoms with Gasteiger partial charge >= 0.3 is 0 Å². The molecule has 0 radical (unpaired) electrons. The molecule has 2 rings (SSSR count). The number of nitrogens with two attached hydrogens (primary N) is 1. The highest BCUT2D eigenvalue weighted by atomic mass is 19.1. The average molecular weight is 251 g/mol. The SMILES string of the molecule is Cc1ccc(F)c(C(N)c2cn(C)nc2C)c1F. The zero-order chi connectivity index (χ0) is 13.4. The van der Waals surface area contributed by atoms with Crippen molar-refractivity contribution in [3.8, 4) is 0 Å². The molecular weight excluding hydrogens is 236 g/mol. The lowest BCUT2D eigenvalue weighted by Crippen LogP contribution is -2.16. The van der Waals surface area contributed by atoms with E-state index in [4.69, 9.17) is 5.73 Å². The molecule has 2 N–H and O–H groups in total. The molecule has 18 heavy (non-hydrogen) atoms. The molecule has 3 nitrogen and oxygen atoms in total. The number of hydrogen-bond donors (Lipinski definition) is 1. The van der Waals surface area contributed by atoms with Gasteiger partial charge in [0.1, 0.15) is 11.6 Å². The van der Waals surface area contributed by atoms with Crippen molar-refractivity contribution in [1.82, 2.24) is 9.78 Å². The van der Waals surface area contributed by atoms with E-state index in [0.29, 0.717) is 16.8 Å². The lowest BCUT2D eigenvalue weighted by atomic mass is 9.97. The third-order valence-corrected chi connectivity index (χ3v) is 3.02. The van der Waals surface area contributed by atoms with E-state index in [1.54, 1.807) is 31.8 Å². The highest BCUT2D eigenvalue weighted by molar-refractivity contribution is 5.36. The van der Waals surface area contributed by atoms with Gasteiger partial charge in [-0.1, -0.05) is 6.07 Å². The maximum Gasteiger partial charge on any atom is 0.134 e. The molecule has 1 aromatic carbocycles. The fourth-order valence-electron chi connectivity index (χ4n) is 2.04. The Hall–Kier alpha value is -1.75. The Morgan fingerprint density at radius 2 is 1.94 bits per heavy atom. The molecular formula is C13H15F2N3. The minimum atomic E-state index is -0.849. The summed E-state index contributed by atoms with van der Waals surface area (Å²) in [5.41, 5.74) is 7.54. The number of benzene rings is 1. The van der Waals surface area contributed by atoms with Gasteiger partial charge in [-0.05, 0) is 25.5 Å². The van der Waals surface area contributed by atoms with E-state index in [1.807, 2.05) is 0 Å². The van der Waals surface area contributed by atoms with Crippen LogP contribution >= 0.6 is 0 Å². The highest BCUT2D eigenvalue weighted by Gasteiger charge is 2.22. The number of aryl methyl sites for hydroxylation is 3. The largest absolute Gasteiger partial charge is 0.320 e. The highest BCUT2D eigenvalue weighted by Crippen LogP contribution is 2.27. The van der Waals surface area contributed by atoms with Gasteiger partial charge < -0.3 is 5.73 Å². The molecule has 0 saturated heterocycles. The van der Waals surface area contributed by atoms with Crippen LogP contribution in [0, 0.1) is 25.5 Å². The molecule has 0 fully saturated rings. The van der Waals surface area contributed by atoms with Crippen LogP contribution in [0.15, 0.2) is 18.3 Å². The van der Waals surface area contributed by atoms with E-state index in [1.165, 1.54) is 12.1 Å². The van der Waals surface area contributed by atoms with Crippen molar-refractivity contribution < 1.29 is 8.78 Å². The lowest BCUT2D eigenvalue weighted by Gasteiger charge is -2.14. The van der Waals surface area contributed by atoms with Gasteiger partial charge in [-0.15, -0.1) is 0 Å². The summed E-state index contributed by atoms with van der Waals surface area (Å²) in [5.74, 6) is -1.22. The molecule has 2 aromatic rings. The van der Waals surface area contributed by atoms with Crippen LogP contribution in [0.5, 0.6) is 0 Å². The standard InChI is InChI=1S/C13H15F2N3/c1-7-4-5-10(14)11(12(7)15)13(16)9-6-18(3)17-8(9)2/h4-6,13H,16H2,1-3H3. The van der Waals surface area contributed by atoms with Gasteiger partial charge in [0.25, 0.3) is 0 Å². The summed E-state index contributed by atoms with van der Waals surface area (Å²) in [7, 11) is 1.74. The van der Waals surface area contributed by atoms with E-state index in [2.05, 4.69) is 5.10 Å². The van der Waals surface area contributed by atoms with Gasteiger partial charge in [-0.2, -0.15) is 5.10 Å². The van der Waals surface area contributed by atoms with Gasteiger partial charge in [0.05, 0.1) is 11.7 Å². The van der Waals surface area contributed by atoms with Gasteiger partial charge in [-0.3, -0.25) is 4.68 Å². The van der Waals surface area contributed by atoms with Crippen LogP contribution in [0.4, 0.5) is 8.78 Å². The Morgan fingerprint density at radius 3 is 2.50 bits per heavy atom. The first-order valence-corrected chi connectivity index (χ1v) is 5.62. The normalized spacial score (nSPS) is 12.8. The van der Waals surface area contributed by atoms with Crippen molar-refractivity contribution >= 4 is 0 Å². The Balaban J connectivity index is 2.56. The second kappa shape index (κ2) is 4.49. The third-order valence-electron chi connectivity index (χ3n) is 3.02. The second-order valence-electron chi connectivity index (χ2n) is 4.41. The first-order valence-electron chi connectivity index (χ1n) is 5.62. The molecule has 1 heterocycles. The van der Waals surface area contributed by atoms with Crippen LogP contribution in [0.25, 0.3) is 0 Å². The van der Waals surface area contributed by atoms with Crippen molar-refractivity contribution in [2.45, 2.75) is 19.9 Å². The van der Waals surface area contributed by atoms with Crippen LogP contribution in [-0.2, 0) is 7.05 Å². The van der Waals surface area contributed by atoms with Crippen LogP contribution in [0.3, 0.4) is 0 Å². The fraction of sp³-hybridized carbons (Fsp3) is 0.308. The Kier molecular flexibility index (Phi) is 3.17. The summed E-state index contributed by atoms with van der Waals surface area (Å²) in [4.78, 5) is 0. The van der Waals surface area contributed by atoms with E-state index in [-0.39, 0.29) is 5.56 Å². The molecule has 0 bridgehead atoms. The molecule has 96 valence electrons. The van der Waals surface area contributed by atoms with Crippen molar-refractivity contribution in [2.75, 3.05) is 0 Å². The van der Waals surface area contributed by atoms with E-state index >= 15 is 0 Å². The molecule has 0 amide bonds. The van der Waals surface area contributed by atoms with Crippen LogP contribution in [0.2, 0.25) is 0 Å².